The molecule has 1 unspecified atom stereocenters. The van der Waals surface area contributed by atoms with Crippen molar-refractivity contribution in [3.8, 4) is 0 Å². The Bertz CT molecular complexity index is 270. The fraction of sp³-hybridized carbons (Fsp3) is 0.714. The van der Waals surface area contributed by atoms with Crippen LogP contribution in [0.3, 0.4) is 0 Å². The van der Waals surface area contributed by atoms with E-state index in [4.69, 9.17) is 0 Å². The number of methoxy groups -OCH3 is 1. The van der Waals surface area contributed by atoms with Gasteiger partial charge in [0.2, 0.25) is 5.91 Å². The molecular formula is C14H25NO3. The van der Waals surface area contributed by atoms with Gasteiger partial charge >= 0.3 is 5.97 Å². The van der Waals surface area contributed by atoms with Crippen LogP contribution in [0.25, 0.3) is 0 Å². The van der Waals surface area contributed by atoms with E-state index in [0.29, 0.717) is 6.42 Å². The fourth-order valence-electron chi connectivity index (χ4n) is 1.92. The van der Waals surface area contributed by atoms with Crippen molar-refractivity contribution in [2.45, 2.75) is 52.0 Å². The molecule has 104 valence electrons. The van der Waals surface area contributed by atoms with Gasteiger partial charge in [-0.2, -0.15) is 0 Å². The van der Waals surface area contributed by atoms with Crippen molar-refractivity contribution in [3.63, 3.8) is 0 Å². The smallest absolute Gasteiger partial charge is 0.328 e. The first-order valence-corrected chi connectivity index (χ1v) is 6.59. The van der Waals surface area contributed by atoms with Crippen molar-refractivity contribution in [1.29, 1.82) is 0 Å². The van der Waals surface area contributed by atoms with Gasteiger partial charge in [0.15, 0.2) is 0 Å². The van der Waals surface area contributed by atoms with E-state index in [-0.39, 0.29) is 11.8 Å². The maximum atomic E-state index is 12.1. The van der Waals surface area contributed by atoms with Gasteiger partial charge in [-0.05, 0) is 19.3 Å². The largest absolute Gasteiger partial charge is 0.467 e. The van der Waals surface area contributed by atoms with Gasteiger partial charge in [-0.25, -0.2) is 4.79 Å². The zero-order valence-corrected chi connectivity index (χ0v) is 11.7. The highest BCUT2D eigenvalue weighted by Gasteiger charge is 2.24. The first-order valence-electron chi connectivity index (χ1n) is 6.59. The SMILES string of the molecule is C=CCC(NC(=O)C(CCC)CCC)C(=O)OC. The topological polar surface area (TPSA) is 55.4 Å². The van der Waals surface area contributed by atoms with Crippen molar-refractivity contribution in [2.75, 3.05) is 7.11 Å². The summed E-state index contributed by atoms with van der Waals surface area (Å²) in [6.45, 7) is 7.69. The van der Waals surface area contributed by atoms with E-state index < -0.39 is 12.0 Å². The molecule has 0 aliphatic rings. The molecule has 0 aliphatic carbocycles. The van der Waals surface area contributed by atoms with Crippen LogP contribution in [0, 0.1) is 5.92 Å². The second-order valence-corrected chi connectivity index (χ2v) is 4.38. The van der Waals surface area contributed by atoms with Crippen molar-refractivity contribution in [3.05, 3.63) is 12.7 Å². The van der Waals surface area contributed by atoms with Crippen LogP contribution in [0.5, 0.6) is 0 Å². The lowest BCUT2D eigenvalue weighted by molar-refractivity contribution is -0.145. The molecule has 1 amide bonds. The zero-order chi connectivity index (χ0) is 14.0. The van der Waals surface area contributed by atoms with E-state index >= 15 is 0 Å². The Morgan fingerprint density at radius 3 is 2.22 bits per heavy atom. The summed E-state index contributed by atoms with van der Waals surface area (Å²) in [5.41, 5.74) is 0. The number of amides is 1. The average Bonchev–Trinajstić information content (AvgIpc) is 2.37. The van der Waals surface area contributed by atoms with E-state index in [9.17, 15) is 9.59 Å². The van der Waals surface area contributed by atoms with Crippen molar-refractivity contribution in [1.82, 2.24) is 5.32 Å². The third-order valence-corrected chi connectivity index (χ3v) is 2.85. The summed E-state index contributed by atoms with van der Waals surface area (Å²) in [7, 11) is 1.32. The molecule has 0 bridgehead atoms. The van der Waals surface area contributed by atoms with Crippen LogP contribution in [-0.4, -0.2) is 25.0 Å². The summed E-state index contributed by atoms with van der Waals surface area (Å²) in [6, 6.07) is -0.615. The van der Waals surface area contributed by atoms with E-state index in [0.717, 1.165) is 25.7 Å². The molecule has 1 atom stereocenters. The molecule has 0 aromatic rings. The van der Waals surface area contributed by atoms with Crippen LogP contribution < -0.4 is 5.32 Å². The number of rotatable bonds is 9. The summed E-state index contributed by atoms with van der Waals surface area (Å²) in [6.07, 6.45) is 5.62. The van der Waals surface area contributed by atoms with Crippen LogP contribution >= 0.6 is 0 Å². The van der Waals surface area contributed by atoms with Gasteiger partial charge in [0.05, 0.1) is 7.11 Å². The Morgan fingerprint density at radius 2 is 1.83 bits per heavy atom. The van der Waals surface area contributed by atoms with Crippen LogP contribution in [0.2, 0.25) is 0 Å². The second-order valence-electron chi connectivity index (χ2n) is 4.38. The van der Waals surface area contributed by atoms with Crippen molar-refractivity contribution >= 4 is 11.9 Å². The van der Waals surface area contributed by atoms with Crippen molar-refractivity contribution in [2.24, 2.45) is 5.92 Å². The Balaban J connectivity index is 4.53. The molecular weight excluding hydrogens is 230 g/mol. The second kappa shape index (κ2) is 9.68. The summed E-state index contributed by atoms with van der Waals surface area (Å²) in [4.78, 5) is 23.6. The number of ether oxygens (including phenoxy) is 1. The van der Waals surface area contributed by atoms with Gasteiger partial charge in [0.1, 0.15) is 6.04 Å². The molecule has 4 nitrogen and oxygen atoms in total. The number of hydrogen-bond donors (Lipinski definition) is 1. The van der Waals surface area contributed by atoms with Crippen LogP contribution in [0.1, 0.15) is 46.0 Å². The number of carbonyl (C=O) groups is 2. The van der Waals surface area contributed by atoms with Crippen LogP contribution in [-0.2, 0) is 14.3 Å². The van der Waals surface area contributed by atoms with E-state index in [1.54, 1.807) is 6.08 Å². The highest BCUT2D eigenvalue weighted by Crippen LogP contribution is 2.14. The van der Waals surface area contributed by atoms with Crippen LogP contribution in [0.4, 0.5) is 0 Å². The minimum atomic E-state index is -0.615. The molecule has 0 saturated heterocycles. The Labute approximate surface area is 110 Å². The average molecular weight is 255 g/mol. The molecule has 4 heteroatoms. The lowest BCUT2D eigenvalue weighted by Gasteiger charge is -2.20. The van der Waals surface area contributed by atoms with Gasteiger partial charge in [0, 0.05) is 5.92 Å². The standard InChI is InChI=1S/C14H25NO3/c1-5-8-11(9-6-2)13(16)15-12(10-7-3)14(17)18-4/h7,11-12H,3,5-6,8-10H2,1-2,4H3,(H,15,16). The highest BCUT2D eigenvalue weighted by atomic mass is 16.5. The van der Waals surface area contributed by atoms with Crippen LogP contribution in [0.15, 0.2) is 12.7 Å². The molecule has 0 radical (unpaired) electrons. The molecule has 0 heterocycles. The van der Waals surface area contributed by atoms with Gasteiger partial charge in [-0.15, -0.1) is 6.58 Å². The molecule has 0 aromatic heterocycles. The predicted octanol–water partition coefficient (Wildman–Crippen LogP) is 2.44. The third kappa shape index (κ3) is 5.84. The summed E-state index contributed by atoms with van der Waals surface area (Å²) in [5.74, 6) is -0.497. The minimum Gasteiger partial charge on any atom is -0.467 e. The molecule has 0 rings (SSSR count). The number of nitrogens with one attached hydrogen (secondary N) is 1. The van der Waals surface area contributed by atoms with E-state index in [1.165, 1.54) is 7.11 Å². The molecule has 0 aliphatic heterocycles. The van der Waals surface area contributed by atoms with E-state index in [1.807, 2.05) is 0 Å². The molecule has 0 aromatic carbocycles. The van der Waals surface area contributed by atoms with Crippen molar-refractivity contribution < 1.29 is 14.3 Å². The van der Waals surface area contributed by atoms with E-state index in [2.05, 4.69) is 30.5 Å². The normalized spacial score (nSPS) is 12.0. The first-order chi connectivity index (χ1) is 8.60. The molecule has 0 spiro atoms. The molecule has 1 N–H and O–H groups in total. The first kappa shape index (κ1) is 16.7. The Morgan fingerprint density at radius 1 is 1.28 bits per heavy atom. The third-order valence-electron chi connectivity index (χ3n) is 2.85. The lowest BCUT2D eigenvalue weighted by Crippen LogP contribution is -2.44. The number of esters is 1. The quantitative estimate of drug-likeness (QED) is 0.508. The van der Waals surface area contributed by atoms with Gasteiger partial charge in [-0.1, -0.05) is 32.8 Å². The zero-order valence-electron chi connectivity index (χ0n) is 11.7. The number of carbonyl (C=O) groups excluding carboxylic acids is 2. The number of hydrogen-bond acceptors (Lipinski definition) is 3. The van der Waals surface area contributed by atoms with Gasteiger partial charge in [0.25, 0.3) is 0 Å². The predicted molar refractivity (Wildman–Crippen MR) is 72.1 cm³/mol. The van der Waals surface area contributed by atoms with Gasteiger partial charge in [-0.3, -0.25) is 4.79 Å². The Hall–Kier alpha value is -1.32. The Kier molecular flexibility index (Phi) is 8.97. The summed E-state index contributed by atoms with van der Waals surface area (Å²) >= 11 is 0. The fourth-order valence-corrected chi connectivity index (χ4v) is 1.92. The molecule has 0 saturated carbocycles. The molecule has 0 fully saturated rings. The highest BCUT2D eigenvalue weighted by molar-refractivity contribution is 5.85. The minimum absolute atomic E-state index is 0.0167. The summed E-state index contributed by atoms with van der Waals surface area (Å²) < 4.78 is 4.66. The maximum absolute atomic E-state index is 12.1. The molecule has 18 heavy (non-hydrogen) atoms. The monoisotopic (exact) mass is 255 g/mol. The van der Waals surface area contributed by atoms with Gasteiger partial charge < -0.3 is 10.1 Å². The lowest BCUT2D eigenvalue weighted by atomic mass is 9.97. The summed E-state index contributed by atoms with van der Waals surface area (Å²) in [5, 5.41) is 2.75. The maximum Gasteiger partial charge on any atom is 0.328 e.